The zero-order valence-corrected chi connectivity index (χ0v) is 11.9. The molecule has 0 atom stereocenters. The van der Waals surface area contributed by atoms with Gasteiger partial charge in [0.1, 0.15) is 11.3 Å². The van der Waals surface area contributed by atoms with Gasteiger partial charge in [0.15, 0.2) is 0 Å². The fourth-order valence-corrected chi connectivity index (χ4v) is 1.88. The molecule has 1 amide bonds. The minimum absolute atomic E-state index is 0.0637. The third kappa shape index (κ3) is 4.91. The number of amides is 1. The second-order valence-corrected chi connectivity index (χ2v) is 4.58. The molecule has 5 heteroatoms. The highest BCUT2D eigenvalue weighted by Crippen LogP contribution is 2.23. The first-order valence-corrected chi connectivity index (χ1v) is 6.79. The quantitative estimate of drug-likeness (QED) is 0.716. The van der Waals surface area contributed by atoms with E-state index < -0.39 is 5.97 Å². The summed E-state index contributed by atoms with van der Waals surface area (Å²) in [6, 6.07) is 4.51. The fraction of sp³-hybridized carbons (Fsp3) is 0.467. The van der Waals surface area contributed by atoms with Gasteiger partial charge < -0.3 is 15.2 Å². The van der Waals surface area contributed by atoms with E-state index in [9.17, 15) is 9.59 Å². The van der Waals surface area contributed by atoms with Gasteiger partial charge in [0, 0.05) is 18.2 Å². The van der Waals surface area contributed by atoms with Gasteiger partial charge in [-0.2, -0.15) is 0 Å². The molecular formula is C15H21NO4. The van der Waals surface area contributed by atoms with Gasteiger partial charge in [0.2, 0.25) is 5.91 Å². The Hall–Kier alpha value is -2.04. The van der Waals surface area contributed by atoms with E-state index in [0.717, 1.165) is 25.7 Å². The predicted octanol–water partition coefficient (Wildman–Crippen LogP) is 3.30. The Labute approximate surface area is 118 Å². The number of carbonyl (C=O) groups excluding carboxylic acids is 1. The maximum absolute atomic E-state index is 11.7. The van der Waals surface area contributed by atoms with Gasteiger partial charge >= 0.3 is 5.97 Å². The van der Waals surface area contributed by atoms with Gasteiger partial charge in [-0.15, -0.1) is 0 Å². The molecule has 0 fully saturated rings. The second-order valence-electron chi connectivity index (χ2n) is 4.58. The number of unbranched alkanes of at least 4 members (excludes halogenated alkanes) is 3. The Morgan fingerprint density at radius 3 is 2.60 bits per heavy atom. The number of aromatic carboxylic acids is 1. The van der Waals surface area contributed by atoms with Crippen LogP contribution in [0.25, 0.3) is 0 Å². The number of ether oxygens (including phenoxy) is 1. The lowest BCUT2D eigenvalue weighted by atomic mass is 10.1. The summed E-state index contributed by atoms with van der Waals surface area (Å²) >= 11 is 0. The highest BCUT2D eigenvalue weighted by Gasteiger charge is 2.12. The molecule has 0 spiro atoms. The molecule has 0 aliphatic carbocycles. The van der Waals surface area contributed by atoms with E-state index in [0.29, 0.717) is 12.1 Å². The van der Waals surface area contributed by atoms with Crippen molar-refractivity contribution in [2.24, 2.45) is 0 Å². The molecule has 0 heterocycles. The maximum Gasteiger partial charge on any atom is 0.339 e. The SMILES string of the molecule is CCCCCCC(=O)Nc1ccc(C(=O)O)c(OC)c1. The molecule has 1 aromatic rings. The Morgan fingerprint density at radius 1 is 1.25 bits per heavy atom. The number of anilines is 1. The van der Waals surface area contributed by atoms with Gasteiger partial charge in [0.25, 0.3) is 0 Å². The van der Waals surface area contributed by atoms with Gasteiger partial charge in [0.05, 0.1) is 7.11 Å². The molecule has 2 N–H and O–H groups in total. The fourth-order valence-electron chi connectivity index (χ4n) is 1.88. The van der Waals surface area contributed by atoms with Crippen LogP contribution >= 0.6 is 0 Å². The van der Waals surface area contributed by atoms with Crippen LogP contribution in [0.4, 0.5) is 5.69 Å². The molecule has 5 nitrogen and oxygen atoms in total. The largest absolute Gasteiger partial charge is 0.496 e. The zero-order chi connectivity index (χ0) is 15.0. The number of benzene rings is 1. The summed E-state index contributed by atoms with van der Waals surface area (Å²) in [5, 5.41) is 11.7. The van der Waals surface area contributed by atoms with Gasteiger partial charge in [-0.3, -0.25) is 4.79 Å². The Balaban J connectivity index is 2.59. The lowest BCUT2D eigenvalue weighted by Gasteiger charge is -2.09. The van der Waals surface area contributed by atoms with E-state index in [1.807, 2.05) is 0 Å². The molecular weight excluding hydrogens is 258 g/mol. The average molecular weight is 279 g/mol. The van der Waals surface area contributed by atoms with E-state index in [2.05, 4.69) is 12.2 Å². The van der Waals surface area contributed by atoms with Crippen LogP contribution < -0.4 is 10.1 Å². The molecule has 110 valence electrons. The monoisotopic (exact) mass is 279 g/mol. The number of nitrogens with one attached hydrogen (secondary N) is 1. The van der Waals surface area contributed by atoms with Gasteiger partial charge in [-0.1, -0.05) is 26.2 Å². The summed E-state index contributed by atoms with van der Waals surface area (Å²) in [7, 11) is 1.40. The summed E-state index contributed by atoms with van der Waals surface area (Å²) in [4.78, 5) is 22.7. The Kier molecular flexibility index (Phi) is 6.56. The van der Waals surface area contributed by atoms with Crippen LogP contribution in [-0.4, -0.2) is 24.1 Å². The van der Waals surface area contributed by atoms with E-state index in [4.69, 9.17) is 9.84 Å². The molecule has 1 aromatic carbocycles. The van der Waals surface area contributed by atoms with Crippen molar-refractivity contribution in [3.8, 4) is 5.75 Å². The Bertz CT molecular complexity index is 471. The van der Waals surface area contributed by atoms with Gasteiger partial charge in [-0.25, -0.2) is 4.79 Å². The summed E-state index contributed by atoms with van der Waals surface area (Å²) in [6.07, 6.45) is 4.65. The minimum atomic E-state index is -1.06. The number of hydrogen-bond donors (Lipinski definition) is 2. The van der Waals surface area contributed by atoms with E-state index in [-0.39, 0.29) is 17.2 Å². The molecule has 0 saturated carbocycles. The van der Waals surface area contributed by atoms with Crippen LogP contribution in [0, 0.1) is 0 Å². The molecule has 0 radical (unpaired) electrons. The standard InChI is InChI=1S/C15H21NO4/c1-3-4-5-6-7-14(17)16-11-8-9-12(15(18)19)13(10-11)20-2/h8-10H,3-7H2,1-2H3,(H,16,17)(H,18,19). The molecule has 0 saturated heterocycles. The van der Waals surface area contributed by atoms with Crippen molar-refractivity contribution in [3.05, 3.63) is 23.8 Å². The molecule has 0 bridgehead atoms. The first kappa shape index (κ1) is 16.0. The van der Waals surface area contributed by atoms with Crippen LogP contribution in [0.15, 0.2) is 18.2 Å². The summed E-state index contributed by atoms with van der Waals surface area (Å²) < 4.78 is 5.01. The summed E-state index contributed by atoms with van der Waals surface area (Å²) in [6.45, 7) is 2.12. The minimum Gasteiger partial charge on any atom is -0.496 e. The molecule has 0 aliphatic heterocycles. The summed E-state index contributed by atoms with van der Waals surface area (Å²) in [5.74, 6) is -0.883. The topological polar surface area (TPSA) is 75.6 Å². The smallest absolute Gasteiger partial charge is 0.339 e. The third-order valence-electron chi connectivity index (χ3n) is 2.97. The average Bonchev–Trinajstić information content (AvgIpc) is 2.43. The molecule has 0 unspecified atom stereocenters. The third-order valence-corrected chi connectivity index (χ3v) is 2.97. The van der Waals surface area contributed by atoms with Crippen LogP contribution in [0.5, 0.6) is 5.75 Å². The first-order chi connectivity index (χ1) is 9.58. The van der Waals surface area contributed by atoms with Crippen molar-refractivity contribution < 1.29 is 19.4 Å². The van der Waals surface area contributed by atoms with Crippen LogP contribution in [-0.2, 0) is 4.79 Å². The van der Waals surface area contributed by atoms with Crippen LogP contribution in [0.3, 0.4) is 0 Å². The van der Waals surface area contributed by atoms with Crippen molar-refractivity contribution in [3.63, 3.8) is 0 Å². The van der Waals surface area contributed by atoms with E-state index in [1.54, 1.807) is 6.07 Å². The lowest BCUT2D eigenvalue weighted by Crippen LogP contribution is -2.11. The molecule has 0 aliphatic rings. The second kappa shape index (κ2) is 8.19. The number of carbonyl (C=O) groups is 2. The Morgan fingerprint density at radius 2 is 2.00 bits per heavy atom. The highest BCUT2D eigenvalue weighted by atomic mass is 16.5. The number of rotatable bonds is 8. The summed E-state index contributed by atoms with van der Waals surface area (Å²) in [5.41, 5.74) is 0.626. The normalized spacial score (nSPS) is 10.1. The zero-order valence-electron chi connectivity index (χ0n) is 11.9. The van der Waals surface area contributed by atoms with Crippen molar-refractivity contribution in [1.29, 1.82) is 0 Å². The van der Waals surface area contributed by atoms with E-state index >= 15 is 0 Å². The maximum atomic E-state index is 11.7. The molecule has 0 aromatic heterocycles. The number of hydrogen-bond acceptors (Lipinski definition) is 3. The van der Waals surface area contributed by atoms with Crippen LogP contribution in [0.2, 0.25) is 0 Å². The number of carboxylic acid groups (broad SMARTS) is 1. The van der Waals surface area contributed by atoms with Crippen molar-refractivity contribution in [2.45, 2.75) is 39.0 Å². The highest BCUT2D eigenvalue weighted by molar-refractivity contribution is 5.94. The van der Waals surface area contributed by atoms with Crippen LogP contribution in [0.1, 0.15) is 49.4 Å². The van der Waals surface area contributed by atoms with Gasteiger partial charge in [-0.05, 0) is 18.6 Å². The van der Waals surface area contributed by atoms with Crippen molar-refractivity contribution in [1.82, 2.24) is 0 Å². The van der Waals surface area contributed by atoms with Crippen molar-refractivity contribution in [2.75, 3.05) is 12.4 Å². The van der Waals surface area contributed by atoms with Crippen molar-refractivity contribution >= 4 is 17.6 Å². The van der Waals surface area contributed by atoms with E-state index in [1.165, 1.54) is 19.2 Å². The number of carboxylic acids is 1. The molecule has 20 heavy (non-hydrogen) atoms. The molecule has 1 rings (SSSR count). The predicted molar refractivity (Wildman–Crippen MR) is 77.3 cm³/mol. The first-order valence-electron chi connectivity index (χ1n) is 6.79. The lowest BCUT2D eigenvalue weighted by molar-refractivity contribution is -0.116. The number of methoxy groups -OCH3 is 1.